The Kier molecular flexibility index (Phi) is 6.54. The van der Waals surface area contributed by atoms with Crippen molar-refractivity contribution in [3.8, 4) is 11.5 Å². The normalized spacial score (nSPS) is 10.7. The van der Waals surface area contributed by atoms with Gasteiger partial charge in [-0.2, -0.15) is 0 Å². The topological polar surface area (TPSA) is 30.9 Å². The van der Waals surface area contributed by atoms with E-state index in [1.54, 1.807) is 7.11 Å². The standard InChI is InChI=1S/C14H23NO3/c1-12-5-6-13(14(11-12)16-4)18-10-9-17-8-7-15(2)3/h5-6,11H,7-10H2,1-4H3. The molecule has 4 nitrogen and oxygen atoms in total. The fraction of sp³-hybridized carbons (Fsp3) is 0.571. The van der Waals surface area contributed by atoms with Gasteiger partial charge in [0.2, 0.25) is 0 Å². The number of ether oxygens (including phenoxy) is 3. The molecule has 0 amide bonds. The zero-order valence-corrected chi connectivity index (χ0v) is 11.7. The van der Waals surface area contributed by atoms with Crippen LogP contribution in [0.15, 0.2) is 18.2 Å². The van der Waals surface area contributed by atoms with E-state index in [2.05, 4.69) is 4.90 Å². The van der Waals surface area contributed by atoms with Crippen molar-refractivity contribution < 1.29 is 14.2 Å². The van der Waals surface area contributed by atoms with Gasteiger partial charge in [-0.05, 0) is 38.7 Å². The number of aryl methyl sites for hydroxylation is 1. The number of hydrogen-bond donors (Lipinski definition) is 0. The summed E-state index contributed by atoms with van der Waals surface area (Å²) in [4.78, 5) is 2.09. The lowest BCUT2D eigenvalue weighted by Gasteiger charge is -2.12. The fourth-order valence-corrected chi connectivity index (χ4v) is 1.45. The van der Waals surface area contributed by atoms with Gasteiger partial charge in [0, 0.05) is 6.54 Å². The summed E-state index contributed by atoms with van der Waals surface area (Å²) in [6.45, 7) is 4.80. The van der Waals surface area contributed by atoms with Crippen LogP contribution in [0.3, 0.4) is 0 Å². The second-order valence-corrected chi connectivity index (χ2v) is 4.42. The lowest BCUT2D eigenvalue weighted by molar-refractivity contribution is 0.0881. The molecular weight excluding hydrogens is 230 g/mol. The Hall–Kier alpha value is -1.26. The molecule has 0 radical (unpaired) electrons. The number of hydrogen-bond acceptors (Lipinski definition) is 4. The summed E-state index contributed by atoms with van der Waals surface area (Å²) in [5.41, 5.74) is 1.15. The maximum atomic E-state index is 5.63. The van der Waals surface area contributed by atoms with Gasteiger partial charge in [-0.15, -0.1) is 0 Å². The lowest BCUT2D eigenvalue weighted by atomic mass is 10.2. The minimum absolute atomic E-state index is 0.535. The largest absolute Gasteiger partial charge is 0.493 e. The van der Waals surface area contributed by atoms with Crippen LogP contribution < -0.4 is 9.47 Å². The zero-order valence-electron chi connectivity index (χ0n) is 11.7. The molecule has 0 saturated heterocycles. The van der Waals surface area contributed by atoms with Gasteiger partial charge in [0.05, 0.1) is 20.3 Å². The Bertz CT molecular complexity index is 353. The summed E-state index contributed by atoms with van der Waals surface area (Å²) in [5.74, 6) is 1.53. The molecule has 4 heteroatoms. The van der Waals surface area contributed by atoms with E-state index < -0.39 is 0 Å². The highest BCUT2D eigenvalue weighted by Gasteiger charge is 2.03. The molecule has 0 aliphatic rings. The van der Waals surface area contributed by atoms with Crippen molar-refractivity contribution in [2.45, 2.75) is 6.92 Å². The number of nitrogens with zero attached hydrogens (tertiary/aromatic N) is 1. The molecule has 0 unspecified atom stereocenters. The van der Waals surface area contributed by atoms with E-state index in [9.17, 15) is 0 Å². The first-order valence-electron chi connectivity index (χ1n) is 6.13. The highest BCUT2D eigenvalue weighted by molar-refractivity contribution is 5.42. The molecule has 1 aromatic carbocycles. The molecule has 0 heterocycles. The number of rotatable bonds is 8. The van der Waals surface area contributed by atoms with Crippen molar-refractivity contribution in [1.29, 1.82) is 0 Å². The van der Waals surface area contributed by atoms with Crippen LogP contribution in [-0.2, 0) is 4.74 Å². The van der Waals surface area contributed by atoms with E-state index in [1.807, 2.05) is 39.2 Å². The van der Waals surface area contributed by atoms with Crippen LogP contribution in [0.1, 0.15) is 5.56 Å². The third-order valence-corrected chi connectivity index (χ3v) is 2.49. The van der Waals surface area contributed by atoms with Crippen molar-refractivity contribution >= 4 is 0 Å². The number of benzene rings is 1. The Labute approximate surface area is 109 Å². The average Bonchev–Trinajstić information content (AvgIpc) is 2.34. The van der Waals surface area contributed by atoms with Crippen molar-refractivity contribution in [2.24, 2.45) is 0 Å². The number of likely N-dealkylation sites (N-methyl/N-ethyl adjacent to an activating group) is 1. The van der Waals surface area contributed by atoms with E-state index in [-0.39, 0.29) is 0 Å². The first-order chi connectivity index (χ1) is 8.63. The molecule has 0 aliphatic heterocycles. The monoisotopic (exact) mass is 253 g/mol. The third-order valence-electron chi connectivity index (χ3n) is 2.49. The lowest BCUT2D eigenvalue weighted by Crippen LogP contribution is -2.19. The molecule has 0 bridgehead atoms. The van der Waals surface area contributed by atoms with Gasteiger partial charge in [0.1, 0.15) is 6.61 Å². The first kappa shape index (κ1) is 14.8. The van der Waals surface area contributed by atoms with E-state index in [4.69, 9.17) is 14.2 Å². The maximum Gasteiger partial charge on any atom is 0.161 e. The molecule has 0 N–H and O–H groups in total. The average molecular weight is 253 g/mol. The van der Waals surface area contributed by atoms with Crippen LogP contribution in [0.4, 0.5) is 0 Å². The molecular formula is C14H23NO3. The SMILES string of the molecule is COc1cc(C)ccc1OCCOCCN(C)C. The summed E-state index contributed by atoms with van der Waals surface area (Å²) in [6.07, 6.45) is 0. The number of methoxy groups -OCH3 is 1. The molecule has 0 fully saturated rings. The van der Waals surface area contributed by atoms with Crippen LogP contribution in [0.2, 0.25) is 0 Å². The summed E-state index contributed by atoms with van der Waals surface area (Å²) in [5, 5.41) is 0. The highest BCUT2D eigenvalue weighted by Crippen LogP contribution is 2.27. The van der Waals surface area contributed by atoms with Gasteiger partial charge in [-0.25, -0.2) is 0 Å². The summed E-state index contributed by atoms with van der Waals surface area (Å²) < 4.78 is 16.3. The predicted molar refractivity (Wildman–Crippen MR) is 72.6 cm³/mol. The van der Waals surface area contributed by atoms with E-state index >= 15 is 0 Å². The Balaban J connectivity index is 2.27. The Morgan fingerprint density at radius 1 is 1.06 bits per heavy atom. The molecule has 0 aliphatic carbocycles. The van der Waals surface area contributed by atoms with Crippen molar-refractivity contribution in [3.05, 3.63) is 23.8 Å². The molecule has 0 atom stereocenters. The van der Waals surface area contributed by atoms with Crippen molar-refractivity contribution in [3.63, 3.8) is 0 Å². The molecule has 1 rings (SSSR count). The summed E-state index contributed by atoms with van der Waals surface area (Å²) in [6, 6.07) is 5.89. The van der Waals surface area contributed by atoms with Gasteiger partial charge in [-0.3, -0.25) is 0 Å². The van der Waals surface area contributed by atoms with Gasteiger partial charge < -0.3 is 19.1 Å². The van der Waals surface area contributed by atoms with Gasteiger partial charge >= 0.3 is 0 Å². The minimum Gasteiger partial charge on any atom is -0.493 e. The summed E-state index contributed by atoms with van der Waals surface area (Å²) >= 11 is 0. The van der Waals surface area contributed by atoms with Crippen LogP contribution in [0, 0.1) is 6.92 Å². The smallest absolute Gasteiger partial charge is 0.161 e. The van der Waals surface area contributed by atoms with Gasteiger partial charge in [0.25, 0.3) is 0 Å². The second kappa shape index (κ2) is 7.95. The van der Waals surface area contributed by atoms with Crippen molar-refractivity contribution in [2.75, 3.05) is 47.6 Å². The maximum absolute atomic E-state index is 5.63. The first-order valence-corrected chi connectivity index (χ1v) is 6.13. The molecule has 0 spiro atoms. The van der Waals surface area contributed by atoms with Gasteiger partial charge in [-0.1, -0.05) is 6.07 Å². The molecule has 18 heavy (non-hydrogen) atoms. The minimum atomic E-state index is 0.535. The van der Waals surface area contributed by atoms with E-state index in [0.717, 1.165) is 30.2 Å². The zero-order chi connectivity index (χ0) is 13.4. The van der Waals surface area contributed by atoms with Gasteiger partial charge in [0.15, 0.2) is 11.5 Å². The molecule has 0 aromatic heterocycles. The second-order valence-electron chi connectivity index (χ2n) is 4.42. The molecule has 102 valence electrons. The van der Waals surface area contributed by atoms with E-state index in [0.29, 0.717) is 13.2 Å². The molecule has 0 saturated carbocycles. The fourth-order valence-electron chi connectivity index (χ4n) is 1.45. The van der Waals surface area contributed by atoms with Crippen LogP contribution in [-0.4, -0.2) is 52.5 Å². The van der Waals surface area contributed by atoms with Crippen LogP contribution in [0.5, 0.6) is 11.5 Å². The third kappa shape index (κ3) is 5.38. The van der Waals surface area contributed by atoms with E-state index in [1.165, 1.54) is 0 Å². The predicted octanol–water partition coefficient (Wildman–Crippen LogP) is 1.96. The van der Waals surface area contributed by atoms with Crippen molar-refractivity contribution in [1.82, 2.24) is 4.90 Å². The van der Waals surface area contributed by atoms with Crippen LogP contribution >= 0.6 is 0 Å². The van der Waals surface area contributed by atoms with Crippen LogP contribution in [0.25, 0.3) is 0 Å². The summed E-state index contributed by atoms with van der Waals surface area (Å²) in [7, 11) is 5.70. The molecule has 1 aromatic rings. The Morgan fingerprint density at radius 2 is 1.83 bits per heavy atom. The Morgan fingerprint density at radius 3 is 2.50 bits per heavy atom. The highest BCUT2D eigenvalue weighted by atomic mass is 16.5. The quantitative estimate of drug-likeness (QED) is 0.663.